The fourth-order valence-corrected chi connectivity index (χ4v) is 4.43. The van der Waals surface area contributed by atoms with Crippen LogP contribution in [0.1, 0.15) is 36.4 Å². The molecule has 2 aliphatic rings. The van der Waals surface area contributed by atoms with Crippen molar-refractivity contribution in [2.75, 3.05) is 56.2 Å². The minimum absolute atomic E-state index is 0.148. The van der Waals surface area contributed by atoms with E-state index in [4.69, 9.17) is 4.74 Å². The largest absolute Gasteiger partial charge is 0.394 e. The molecule has 2 aromatic rings. The second-order valence-electron chi connectivity index (χ2n) is 8.24. The van der Waals surface area contributed by atoms with E-state index < -0.39 is 0 Å². The predicted molar refractivity (Wildman–Crippen MR) is 119 cm³/mol. The molecule has 0 spiro atoms. The van der Waals surface area contributed by atoms with Crippen molar-refractivity contribution in [1.29, 1.82) is 0 Å². The van der Waals surface area contributed by atoms with Crippen molar-refractivity contribution < 1.29 is 9.84 Å². The molecule has 2 saturated heterocycles. The quantitative estimate of drug-likeness (QED) is 0.725. The Morgan fingerprint density at radius 1 is 1.13 bits per heavy atom. The number of rotatable bonds is 7. The van der Waals surface area contributed by atoms with Crippen LogP contribution in [0.4, 0.5) is 11.6 Å². The van der Waals surface area contributed by atoms with E-state index in [1.54, 1.807) is 6.33 Å². The van der Waals surface area contributed by atoms with E-state index >= 15 is 0 Å². The summed E-state index contributed by atoms with van der Waals surface area (Å²) in [6, 6.07) is 11.2. The maximum atomic E-state index is 9.74. The van der Waals surface area contributed by atoms with Crippen LogP contribution in [0.2, 0.25) is 0 Å². The van der Waals surface area contributed by atoms with E-state index in [-0.39, 0.29) is 18.7 Å². The second-order valence-corrected chi connectivity index (χ2v) is 8.24. The van der Waals surface area contributed by atoms with Crippen molar-refractivity contribution in [3.63, 3.8) is 0 Å². The van der Waals surface area contributed by atoms with Crippen LogP contribution in [0.15, 0.2) is 36.7 Å². The van der Waals surface area contributed by atoms with Crippen molar-refractivity contribution in [3.05, 3.63) is 47.8 Å². The van der Waals surface area contributed by atoms with Crippen molar-refractivity contribution in [2.24, 2.45) is 0 Å². The molecule has 0 bridgehead atoms. The van der Waals surface area contributed by atoms with Crippen LogP contribution in [0.25, 0.3) is 0 Å². The lowest BCUT2D eigenvalue weighted by Gasteiger charge is -2.36. The van der Waals surface area contributed by atoms with Crippen LogP contribution in [-0.2, 0) is 4.74 Å². The summed E-state index contributed by atoms with van der Waals surface area (Å²) in [5.41, 5.74) is 2.58. The van der Waals surface area contributed by atoms with Gasteiger partial charge in [0, 0.05) is 32.2 Å². The van der Waals surface area contributed by atoms with E-state index in [0.29, 0.717) is 0 Å². The number of ether oxygens (including phenoxy) is 1. The summed E-state index contributed by atoms with van der Waals surface area (Å²) >= 11 is 0. The van der Waals surface area contributed by atoms with Crippen LogP contribution in [0.3, 0.4) is 0 Å². The Kier molecular flexibility index (Phi) is 7.15. The topological polar surface area (TPSA) is 73.8 Å². The van der Waals surface area contributed by atoms with Crippen LogP contribution < -0.4 is 10.2 Å². The summed E-state index contributed by atoms with van der Waals surface area (Å²) in [5.74, 6) is 1.72. The lowest BCUT2D eigenvalue weighted by molar-refractivity contribution is 0.0187. The van der Waals surface area contributed by atoms with E-state index in [1.165, 1.54) is 11.1 Å². The molecule has 2 N–H and O–H groups in total. The lowest BCUT2D eigenvalue weighted by atomic mass is 10.0. The van der Waals surface area contributed by atoms with Gasteiger partial charge in [-0.05, 0) is 31.7 Å². The third-order valence-electron chi connectivity index (χ3n) is 6.21. The maximum absolute atomic E-state index is 9.74. The molecule has 2 unspecified atom stereocenters. The van der Waals surface area contributed by atoms with E-state index in [9.17, 15) is 5.11 Å². The average Bonchev–Trinajstić information content (AvgIpc) is 2.81. The summed E-state index contributed by atoms with van der Waals surface area (Å²) in [5, 5.41) is 13.3. The second kappa shape index (κ2) is 10.2. The number of aliphatic hydroxyl groups excluding tert-OH is 1. The summed E-state index contributed by atoms with van der Waals surface area (Å²) in [7, 11) is 0. The number of aryl methyl sites for hydroxylation is 1. The monoisotopic (exact) mass is 411 g/mol. The first-order valence-electron chi connectivity index (χ1n) is 11.1. The summed E-state index contributed by atoms with van der Waals surface area (Å²) < 4.78 is 5.56. The zero-order chi connectivity index (χ0) is 20.8. The van der Waals surface area contributed by atoms with Crippen molar-refractivity contribution in [1.82, 2.24) is 14.9 Å². The summed E-state index contributed by atoms with van der Waals surface area (Å²) in [6.45, 7) is 7.40. The van der Waals surface area contributed by atoms with E-state index in [0.717, 1.165) is 70.3 Å². The molecule has 2 atom stereocenters. The van der Waals surface area contributed by atoms with Gasteiger partial charge in [0.25, 0.3) is 0 Å². The SMILES string of the molecule is Cc1ccc(C(CNc2cc(N3CCCCC3CO)ncn2)N2CCOCC2)cc1. The van der Waals surface area contributed by atoms with Crippen LogP contribution in [-0.4, -0.2) is 72.0 Å². The van der Waals surface area contributed by atoms with Crippen molar-refractivity contribution >= 4 is 11.6 Å². The molecule has 3 heterocycles. The Morgan fingerprint density at radius 3 is 2.70 bits per heavy atom. The van der Waals surface area contributed by atoms with Gasteiger partial charge in [-0.1, -0.05) is 29.8 Å². The minimum atomic E-state index is 0.148. The van der Waals surface area contributed by atoms with Gasteiger partial charge >= 0.3 is 0 Å². The zero-order valence-electron chi connectivity index (χ0n) is 17.8. The maximum Gasteiger partial charge on any atom is 0.134 e. The van der Waals surface area contributed by atoms with E-state index in [2.05, 4.69) is 56.3 Å². The first kappa shape index (κ1) is 21.0. The molecule has 0 saturated carbocycles. The standard InChI is InChI=1S/C23H33N5O2/c1-18-5-7-19(8-6-18)21(27-10-12-30-13-11-27)15-24-22-14-23(26-17-25-22)28-9-3-2-4-20(28)16-29/h5-8,14,17,20-21,29H,2-4,9-13,15-16H2,1H3,(H,24,25,26). The number of aliphatic hydroxyl groups is 1. The number of benzene rings is 1. The van der Waals surface area contributed by atoms with Gasteiger partial charge in [0.05, 0.1) is 31.9 Å². The molecule has 1 aromatic carbocycles. The molecule has 4 rings (SSSR count). The fourth-order valence-electron chi connectivity index (χ4n) is 4.43. The molecule has 7 nitrogen and oxygen atoms in total. The molecule has 1 aromatic heterocycles. The molecule has 0 amide bonds. The third-order valence-corrected chi connectivity index (χ3v) is 6.21. The number of morpholine rings is 1. The smallest absolute Gasteiger partial charge is 0.134 e. The Balaban J connectivity index is 1.48. The van der Waals surface area contributed by atoms with Crippen molar-refractivity contribution in [3.8, 4) is 0 Å². The van der Waals surface area contributed by atoms with Gasteiger partial charge in [-0.25, -0.2) is 9.97 Å². The molecule has 2 aliphatic heterocycles. The Hall–Kier alpha value is -2.22. The van der Waals surface area contributed by atoms with Gasteiger partial charge in [-0.2, -0.15) is 0 Å². The number of hydrogen-bond acceptors (Lipinski definition) is 7. The third kappa shape index (κ3) is 5.09. The molecule has 30 heavy (non-hydrogen) atoms. The van der Waals surface area contributed by atoms with Crippen LogP contribution in [0.5, 0.6) is 0 Å². The molecular formula is C23H33N5O2. The lowest BCUT2D eigenvalue weighted by Crippen LogP contribution is -2.42. The summed E-state index contributed by atoms with van der Waals surface area (Å²) in [6.07, 6.45) is 4.93. The van der Waals surface area contributed by atoms with Gasteiger partial charge < -0.3 is 20.1 Å². The highest BCUT2D eigenvalue weighted by Crippen LogP contribution is 2.26. The number of nitrogens with zero attached hydrogens (tertiary/aromatic N) is 4. The predicted octanol–water partition coefficient (Wildman–Crippen LogP) is 2.62. The number of aromatic nitrogens is 2. The summed E-state index contributed by atoms with van der Waals surface area (Å²) in [4.78, 5) is 13.6. The Bertz CT molecular complexity index is 794. The molecule has 0 radical (unpaired) electrons. The Labute approximate surface area is 179 Å². The van der Waals surface area contributed by atoms with Gasteiger partial charge in [-0.15, -0.1) is 0 Å². The van der Waals surface area contributed by atoms with E-state index in [1.807, 2.05) is 6.07 Å². The number of hydrogen-bond donors (Lipinski definition) is 2. The zero-order valence-corrected chi connectivity index (χ0v) is 17.8. The first-order chi connectivity index (χ1) is 14.7. The highest BCUT2D eigenvalue weighted by atomic mass is 16.5. The molecule has 162 valence electrons. The minimum Gasteiger partial charge on any atom is -0.394 e. The number of anilines is 2. The van der Waals surface area contributed by atoms with Gasteiger partial charge in [0.2, 0.25) is 0 Å². The van der Waals surface area contributed by atoms with Gasteiger partial charge in [0.15, 0.2) is 0 Å². The normalized spacial score (nSPS) is 21.4. The number of piperidine rings is 1. The van der Waals surface area contributed by atoms with Crippen LogP contribution >= 0.6 is 0 Å². The van der Waals surface area contributed by atoms with Gasteiger partial charge in [-0.3, -0.25) is 4.90 Å². The van der Waals surface area contributed by atoms with Crippen molar-refractivity contribution in [2.45, 2.75) is 38.3 Å². The molecule has 2 fully saturated rings. The Morgan fingerprint density at radius 2 is 1.93 bits per heavy atom. The highest BCUT2D eigenvalue weighted by molar-refractivity contribution is 5.49. The fraction of sp³-hybridized carbons (Fsp3) is 0.565. The molecule has 0 aliphatic carbocycles. The van der Waals surface area contributed by atoms with Gasteiger partial charge in [0.1, 0.15) is 18.0 Å². The molecular weight excluding hydrogens is 378 g/mol. The highest BCUT2D eigenvalue weighted by Gasteiger charge is 2.25. The first-order valence-corrected chi connectivity index (χ1v) is 11.1. The van der Waals surface area contributed by atoms with Crippen LogP contribution in [0, 0.1) is 6.92 Å². The number of nitrogens with one attached hydrogen (secondary N) is 1. The average molecular weight is 412 g/mol. The molecule has 7 heteroatoms.